The Kier molecular flexibility index (Phi) is 7.97. The minimum Gasteiger partial charge on any atom is -0.330 e. The highest BCUT2D eigenvalue weighted by molar-refractivity contribution is 9.10. The molecule has 0 aliphatic rings. The minimum atomic E-state index is -3.79. The predicted octanol–water partition coefficient (Wildman–Crippen LogP) is 2.03. The zero-order valence-electron chi connectivity index (χ0n) is 9.53. The maximum atomic E-state index is 13.6. The molecule has 0 fully saturated rings. The van der Waals surface area contributed by atoms with E-state index in [0.29, 0.717) is 13.0 Å². The number of hydrogen-bond donors (Lipinski definition) is 2. The number of nitrogens with two attached hydrogens (primary N) is 1. The van der Waals surface area contributed by atoms with Gasteiger partial charge in [-0.2, -0.15) is 0 Å². The number of rotatable bonds is 6. The second-order valence-corrected chi connectivity index (χ2v) is 6.04. The summed E-state index contributed by atoms with van der Waals surface area (Å²) in [6.45, 7) is 0.762. The molecule has 104 valence electrons. The zero-order valence-corrected chi connectivity index (χ0v) is 12.7. The molecule has 0 bridgehead atoms. The van der Waals surface area contributed by atoms with Crippen molar-refractivity contribution in [2.75, 3.05) is 13.1 Å². The van der Waals surface area contributed by atoms with Gasteiger partial charge in [0.2, 0.25) is 10.0 Å². The standard InChI is InChI=1S/C10H14BrFN2O2S.ClH/c11-8-4-3-5-9(10(8)12)17(15,16)14-7-2-1-6-13;/h3-5,14H,1-2,6-7,13H2;1H. The normalized spacial score (nSPS) is 11.1. The Morgan fingerprint density at radius 2 is 2.00 bits per heavy atom. The quantitative estimate of drug-likeness (QED) is 0.762. The SMILES string of the molecule is Cl.NCCCCNS(=O)(=O)c1cccc(Br)c1F. The summed E-state index contributed by atoms with van der Waals surface area (Å²) in [4.78, 5) is -0.348. The van der Waals surface area contributed by atoms with Crippen LogP contribution < -0.4 is 10.5 Å². The number of halogens is 3. The predicted molar refractivity (Wildman–Crippen MR) is 74.8 cm³/mol. The summed E-state index contributed by atoms with van der Waals surface area (Å²) in [5.41, 5.74) is 5.29. The van der Waals surface area contributed by atoms with Crippen LogP contribution in [-0.2, 0) is 10.0 Å². The van der Waals surface area contributed by atoms with Gasteiger partial charge in [0.1, 0.15) is 4.90 Å². The first-order valence-electron chi connectivity index (χ1n) is 5.13. The number of unbranched alkanes of at least 4 members (excludes halogenated alkanes) is 1. The second-order valence-electron chi connectivity index (χ2n) is 3.45. The van der Waals surface area contributed by atoms with Crippen LogP contribution in [0.15, 0.2) is 27.6 Å². The highest BCUT2D eigenvalue weighted by Gasteiger charge is 2.19. The highest BCUT2D eigenvalue weighted by atomic mass is 79.9. The maximum Gasteiger partial charge on any atom is 0.243 e. The average molecular weight is 362 g/mol. The van der Waals surface area contributed by atoms with Crippen molar-refractivity contribution in [2.45, 2.75) is 17.7 Å². The van der Waals surface area contributed by atoms with Crippen LogP contribution in [0.1, 0.15) is 12.8 Å². The van der Waals surface area contributed by atoms with Gasteiger partial charge in [0.25, 0.3) is 0 Å². The Balaban J connectivity index is 0.00000289. The Labute approximate surface area is 121 Å². The first-order chi connectivity index (χ1) is 7.99. The van der Waals surface area contributed by atoms with Gasteiger partial charge in [-0.3, -0.25) is 0 Å². The lowest BCUT2D eigenvalue weighted by atomic mass is 10.3. The van der Waals surface area contributed by atoms with E-state index >= 15 is 0 Å². The molecule has 4 nitrogen and oxygen atoms in total. The highest BCUT2D eigenvalue weighted by Crippen LogP contribution is 2.22. The molecule has 1 aromatic carbocycles. The van der Waals surface area contributed by atoms with Crippen molar-refractivity contribution in [2.24, 2.45) is 5.73 Å². The van der Waals surface area contributed by atoms with Crippen LogP contribution in [0.5, 0.6) is 0 Å². The fourth-order valence-electron chi connectivity index (χ4n) is 1.25. The van der Waals surface area contributed by atoms with E-state index in [1.165, 1.54) is 18.2 Å². The summed E-state index contributed by atoms with van der Waals surface area (Å²) >= 11 is 2.95. The van der Waals surface area contributed by atoms with Crippen LogP contribution in [0.2, 0.25) is 0 Å². The summed E-state index contributed by atoms with van der Waals surface area (Å²) in [5.74, 6) is -0.779. The van der Waals surface area contributed by atoms with E-state index in [9.17, 15) is 12.8 Å². The molecule has 0 aliphatic heterocycles. The molecular weight excluding hydrogens is 347 g/mol. The molecule has 0 heterocycles. The molecule has 8 heteroatoms. The van der Waals surface area contributed by atoms with Crippen molar-refractivity contribution in [3.05, 3.63) is 28.5 Å². The van der Waals surface area contributed by atoms with Gasteiger partial charge >= 0.3 is 0 Å². The van der Waals surface area contributed by atoms with Crippen LogP contribution in [0.25, 0.3) is 0 Å². The van der Waals surface area contributed by atoms with E-state index in [1.54, 1.807) is 0 Å². The minimum absolute atomic E-state index is 0. The molecule has 0 aromatic heterocycles. The monoisotopic (exact) mass is 360 g/mol. The van der Waals surface area contributed by atoms with Crippen molar-refractivity contribution in [1.82, 2.24) is 4.72 Å². The van der Waals surface area contributed by atoms with Gasteiger partial charge in [-0.05, 0) is 47.4 Å². The van der Waals surface area contributed by atoms with E-state index in [4.69, 9.17) is 5.73 Å². The van der Waals surface area contributed by atoms with Crippen molar-refractivity contribution in [1.29, 1.82) is 0 Å². The molecule has 18 heavy (non-hydrogen) atoms. The van der Waals surface area contributed by atoms with Crippen LogP contribution in [0.4, 0.5) is 4.39 Å². The van der Waals surface area contributed by atoms with Gasteiger partial charge in [0.15, 0.2) is 5.82 Å². The molecule has 3 N–H and O–H groups in total. The summed E-state index contributed by atoms with van der Waals surface area (Å²) in [6.07, 6.45) is 1.36. The molecule has 0 spiro atoms. The van der Waals surface area contributed by atoms with Gasteiger partial charge in [-0.1, -0.05) is 6.07 Å². The fourth-order valence-corrected chi connectivity index (χ4v) is 2.91. The third-order valence-electron chi connectivity index (χ3n) is 2.13. The molecule has 0 unspecified atom stereocenters. The number of benzene rings is 1. The van der Waals surface area contributed by atoms with E-state index in [1.807, 2.05) is 0 Å². The fraction of sp³-hybridized carbons (Fsp3) is 0.400. The molecule has 0 amide bonds. The summed E-state index contributed by atoms with van der Waals surface area (Å²) < 4.78 is 39.6. The first-order valence-corrected chi connectivity index (χ1v) is 7.40. The summed E-state index contributed by atoms with van der Waals surface area (Å²) in [7, 11) is -3.79. The van der Waals surface area contributed by atoms with Crippen molar-refractivity contribution in [3.8, 4) is 0 Å². The molecule has 0 saturated carbocycles. The van der Waals surface area contributed by atoms with Crippen LogP contribution in [-0.4, -0.2) is 21.5 Å². The number of hydrogen-bond acceptors (Lipinski definition) is 3. The van der Waals surface area contributed by atoms with Crippen LogP contribution in [0, 0.1) is 5.82 Å². The van der Waals surface area contributed by atoms with E-state index in [0.717, 1.165) is 6.42 Å². The molecule has 0 saturated heterocycles. The average Bonchev–Trinajstić information content (AvgIpc) is 2.28. The van der Waals surface area contributed by atoms with Crippen molar-refractivity contribution in [3.63, 3.8) is 0 Å². The largest absolute Gasteiger partial charge is 0.330 e. The maximum absolute atomic E-state index is 13.6. The summed E-state index contributed by atoms with van der Waals surface area (Å²) in [6, 6.07) is 4.15. The smallest absolute Gasteiger partial charge is 0.243 e. The lowest BCUT2D eigenvalue weighted by Gasteiger charge is -2.08. The lowest BCUT2D eigenvalue weighted by molar-refractivity contribution is 0.551. The van der Waals surface area contributed by atoms with Gasteiger partial charge in [-0.15, -0.1) is 12.4 Å². The topological polar surface area (TPSA) is 72.2 Å². The molecule has 1 aromatic rings. The Hall–Kier alpha value is -0.210. The first kappa shape index (κ1) is 17.8. The third kappa shape index (κ3) is 4.81. The van der Waals surface area contributed by atoms with Crippen molar-refractivity contribution >= 4 is 38.4 Å². The Morgan fingerprint density at radius 3 is 2.61 bits per heavy atom. The van der Waals surface area contributed by atoms with Crippen LogP contribution in [0.3, 0.4) is 0 Å². The molecular formula is C10H15BrClFN2O2S. The summed E-state index contributed by atoms with van der Waals surface area (Å²) in [5, 5.41) is 0. The van der Waals surface area contributed by atoms with Gasteiger partial charge in [-0.25, -0.2) is 17.5 Å². The zero-order chi connectivity index (χ0) is 12.9. The third-order valence-corrected chi connectivity index (χ3v) is 4.22. The Bertz CT molecular complexity index is 485. The van der Waals surface area contributed by atoms with Gasteiger partial charge < -0.3 is 5.73 Å². The second kappa shape index (κ2) is 8.06. The van der Waals surface area contributed by atoms with E-state index < -0.39 is 15.8 Å². The lowest BCUT2D eigenvalue weighted by Crippen LogP contribution is -2.26. The molecule has 0 radical (unpaired) electrons. The molecule has 1 rings (SSSR count). The van der Waals surface area contributed by atoms with Crippen LogP contribution >= 0.6 is 28.3 Å². The number of sulfonamides is 1. The van der Waals surface area contributed by atoms with Crippen molar-refractivity contribution < 1.29 is 12.8 Å². The van der Waals surface area contributed by atoms with Gasteiger partial charge in [0, 0.05) is 6.54 Å². The van der Waals surface area contributed by atoms with Gasteiger partial charge in [0.05, 0.1) is 4.47 Å². The van der Waals surface area contributed by atoms with E-state index in [-0.39, 0.29) is 28.3 Å². The molecule has 0 aliphatic carbocycles. The molecule has 0 atom stereocenters. The Morgan fingerprint density at radius 1 is 1.33 bits per heavy atom. The van der Waals surface area contributed by atoms with E-state index in [2.05, 4.69) is 20.7 Å². The number of nitrogens with one attached hydrogen (secondary N) is 1.